The fourth-order valence-electron chi connectivity index (χ4n) is 3.44. The standard InChI is InChI=1S/C14H27O10P/c1-13(23-2,12(17)18)14(19,9-6-4-3-5-7-9)11(16)10(15)8-24-25(20,21)22/h9-11,15-16,19H,3-8H2,1-2H3,(H,17,18)(H2,20,21,22). The van der Waals surface area contributed by atoms with Gasteiger partial charge in [-0.05, 0) is 25.7 Å². The summed E-state index contributed by atoms with van der Waals surface area (Å²) in [6.45, 7) is 0.101. The van der Waals surface area contributed by atoms with Gasteiger partial charge in [0, 0.05) is 7.11 Å². The highest BCUT2D eigenvalue weighted by molar-refractivity contribution is 7.46. The molecule has 0 aromatic heterocycles. The molecule has 1 aliphatic carbocycles. The van der Waals surface area contributed by atoms with Crippen LogP contribution in [0.5, 0.6) is 0 Å². The molecule has 4 unspecified atom stereocenters. The van der Waals surface area contributed by atoms with Crippen LogP contribution in [0.2, 0.25) is 0 Å². The number of rotatable bonds is 9. The van der Waals surface area contributed by atoms with E-state index >= 15 is 0 Å². The number of carbonyl (C=O) groups is 1. The predicted molar refractivity (Wildman–Crippen MR) is 84.6 cm³/mol. The Bertz CT molecular complexity index is 502. The van der Waals surface area contributed by atoms with E-state index in [-0.39, 0.29) is 0 Å². The van der Waals surface area contributed by atoms with E-state index in [1.807, 2.05) is 0 Å². The van der Waals surface area contributed by atoms with Crippen LogP contribution < -0.4 is 0 Å². The van der Waals surface area contributed by atoms with Crippen LogP contribution in [0, 0.1) is 5.92 Å². The molecule has 25 heavy (non-hydrogen) atoms. The molecule has 0 aliphatic heterocycles. The zero-order valence-corrected chi connectivity index (χ0v) is 15.1. The van der Waals surface area contributed by atoms with Crippen LogP contribution in [0.15, 0.2) is 0 Å². The lowest BCUT2D eigenvalue weighted by molar-refractivity contribution is -0.257. The SMILES string of the molecule is COC(C)(C(=O)O)C(O)(C1CCCCC1)C(O)C(O)COP(=O)(O)O. The minimum Gasteiger partial charge on any atom is -0.479 e. The predicted octanol–water partition coefficient (Wildman–Crippen LogP) is -0.381. The molecule has 1 saturated carbocycles. The van der Waals surface area contributed by atoms with Gasteiger partial charge in [0.2, 0.25) is 0 Å². The molecule has 0 radical (unpaired) electrons. The van der Waals surface area contributed by atoms with E-state index in [1.165, 1.54) is 0 Å². The summed E-state index contributed by atoms with van der Waals surface area (Å²) >= 11 is 0. The molecule has 1 fully saturated rings. The van der Waals surface area contributed by atoms with Crippen LogP contribution in [-0.2, 0) is 18.6 Å². The fraction of sp³-hybridized carbons (Fsp3) is 0.929. The Hall–Kier alpha value is -0.580. The summed E-state index contributed by atoms with van der Waals surface area (Å²) in [5.41, 5.74) is -4.65. The second kappa shape index (κ2) is 8.41. The topological polar surface area (TPSA) is 174 Å². The molecule has 0 saturated heterocycles. The number of aliphatic hydroxyl groups is 3. The van der Waals surface area contributed by atoms with Crippen molar-refractivity contribution in [3.05, 3.63) is 0 Å². The van der Waals surface area contributed by atoms with Crippen molar-refractivity contribution in [3.8, 4) is 0 Å². The van der Waals surface area contributed by atoms with Crippen LogP contribution in [0.4, 0.5) is 0 Å². The van der Waals surface area contributed by atoms with E-state index in [0.717, 1.165) is 20.5 Å². The zero-order valence-electron chi connectivity index (χ0n) is 14.2. The van der Waals surface area contributed by atoms with Crippen molar-refractivity contribution in [2.45, 2.75) is 62.4 Å². The van der Waals surface area contributed by atoms with Gasteiger partial charge in [-0.3, -0.25) is 4.52 Å². The highest BCUT2D eigenvalue weighted by Gasteiger charge is 2.62. The third-order valence-electron chi connectivity index (χ3n) is 5.04. The fourth-order valence-corrected chi connectivity index (χ4v) is 3.78. The smallest absolute Gasteiger partial charge is 0.469 e. The van der Waals surface area contributed by atoms with Crippen LogP contribution in [0.1, 0.15) is 39.0 Å². The third-order valence-corrected chi connectivity index (χ3v) is 5.52. The van der Waals surface area contributed by atoms with E-state index in [4.69, 9.17) is 14.5 Å². The number of aliphatic hydroxyl groups excluding tert-OH is 2. The average molecular weight is 386 g/mol. The van der Waals surface area contributed by atoms with Gasteiger partial charge < -0.3 is 34.9 Å². The number of aliphatic carboxylic acids is 1. The van der Waals surface area contributed by atoms with Crippen molar-refractivity contribution in [1.82, 2.24) is 0 Å². The second-order valence-electron chi connectivity index (χ2n) is 6.50. The van der Waals surface area contributed by atoms with Gasteiger partial charge in [0.1, 0.15) is 17.8 Å². The van der Waals surface area contributed by atoms with Crippen molar-refractivity contribution < 1.29 is 48.8 Å². The second-order valence-corrected chi connectivity index (χ2v) is 7.74. The Balaban J connectivity index is 3.20. The first-order valence-corrected chi connectivity index (χ1v) is 9.50. The molecule has 0 aromatic carbocycles. The molecule has 11 heteroatoms. The van der Waals surface area contributed by atoms with E-state index < -0.39 is 49.7 Å². The van der Waals surface area contributed by atoms with Crippen LogP contribution in [0.25, 0.3) is 0 Å². The molecule has 0 heterocycles. The summed E-state index contributed by atoms with van der Waals surface area (Å²) < 4.78 is 19.9. The number of methoxy groups -OCH3 is 1. The zero-order chi connectivity index (χ0) is 19.5. The van der Waals surface area contributed by atoms with Crippen molar-refractivity contribution in [2.75, 3.05) is 13.7 Å². The van der Waals surface area contributed by atoms with Gasteiger partial charge in [-0.15, -0.1) is 0 Å². The number of hydrogen-bond donors (Lipinski definition) is 6. The lowest BCUT2D eigenvalue weighted by Crippen LogP contribution is -2.70. The Kier molecular flexibility index (Phi) is 7.55. The minimum atomic E-state index is -4.91. The van der Waals surface area contributed by atoms with Gasteiger partial charge >= 0.3 is 13.8 Å². The molecule has 148 valence electrons. The van der Waals surface area contributed by atoms with E-state index in [0.29, 0.717) is 25.7 Å². The van der Waals surface area contributed by atoms with Gasteiger partial charge in [0.25, 0.3) is 0 Å². The van der Waals surface area contributed by atoms with E-state index in [1.54, 1.807) is 0 Å². The first kappa shape index (κ1) is 22.5. The number of carboxylic acid groups (broad SMARTS) is 1. The molecule has 1 rings (SSSR count). The lowest BCUT2D eigenvalue weighted by atomic mass is 9.65. The van der Waals surface area contributed by atoms with Crippen molar-refractivity contribution in [2.24, 2.45) is 5.92 Å². The summed E-state index contributed by atoms with van der Waals surface area (Å²) in [4.78, 5) is 29.2. The van der Waals surface area contributed by atoms with Crippen LogP contribution >= 0.6 is 7.82 Å². The van der Waals surface area contributed by atoms with Gasteiger partial charge in [-0.25, -0.2) is 9.36 Å². The average Bonchev–Trinajstić information content (AvgIpc) is 2.57. The highest BCUT2D eigenvalue weighted by atomic mass is 31.2. The Labute approximate surface area is 145 Å². The first-order valence-electron chi connectivity index (χ1n) is 7.97. The van der Waals surface area contributed by atoms with Gasteiger partial charge in [-0.2, -0.15) is 0 Å². The largest absolute Gasteiger partial charge is 0.479 e. The summed E-state index contributed by atoms with van der Waals surface area (Å²) in [6, 6.07) is 0. The normalized spacial score (nSPS) is 24.1. The van der Waals surface area contributed by atoms with E-state index in [2.05, 4.69) is 4.52 Å². The van der Waals surface area contributed by atoms with Gasteiger partial charge in [-0.1, -0.05) is 19.3 Å². The third kappa shape index (κ3) is 4.78. The molecule has 0 amide bonds. The molecule has 10 nitrogen and oxygen atoms in total. The molecular formula is C14H27O10P. The Morgan fingerprint density at radius 3 is 2.16 bits per heavy atom. The van der Waals surface area contributed by atoms with E-state index in [9.17, 15) is 29.8 Å². The molecule has 4 atom stereocenters. The van der Waals surface area contributed by atoms with Crippen LogP contribution in [0.3, 0.4) is 0 Å². The van der Waals surface area contributed by atoms with Crippen molar-refractivity contribution in [1.29, 1.82) is 0 Å². The monoisotopic (exact) mass is 386 g/mol. The summed E-state index contributed by atoms with van der Waals surface area (Å²) in [5, 5.41) is 41.4. The van der Waals surface area contributed by atoms with Gasteiger partial charge in [0.15, 0.2) is 5.60 Å². The number of ether oxygens (including phenoxy) is 1. The van der Waals surface area contributed by atoms with Crippen molar-refractivity contribution in [3.63, 3.8) is 0 Å². The maximum absolute atomic E-state index is 11.8. The van der Waals surface area contributed by atoms with Crippen molar-refractivity contribution >= 4 is 13.8 Å². The quantitative estimate of drug-likeness (QED) is 0.287. The molecule has 1 aliphatic rings. The molecule has 0 spiro atoms. The minimum absolute atomic E-state index is 0.409. The molecule has 6 N–H and O–H groups in total. The summed E-state index contributed by atoms with van der Waals surface area (Å²) in [7, 11) is -3.85. The maximum Gasteiger partial charge on any atom is 0.469 e. The number of hydrogen-bond acceptors (Lipinski definition) is 7. The molecular weight excluding hydrogens is 359 g/mol. The van der Waals surface area contributed by atoms with Crippen LogP contribution in [-0.4, -0.2) is 73.3 Å². The number of phosphoric ester groups is 1. The van der Waals surface area contributed by atoms with Gasteiger partial charge in [0.05, 0.1) is 6.61 Å². The molecule has 0 aromatic rings. The summed E-state index contributed by atoms with van der Waals surface area (Å²) in [5.74, 6) is -2.23. The Morgan fingerprint density at radius 2 is 1.76 bits per heavy atom. The maximum atomic E-state index is 11.8. The Morgan fingerprint density at radius 1 is 1.24 bits per heavy atom. The first-order chi connectivity index (χ1) is 11.4. The number of phosphoric acid groups is 1. The highest BCUT2D eigenvalue weighted by Crippen LogP contribution is 2.44. The summed E-state index contributed by atoms with van der Waals surface area (Å²) in [6.07, 6.45) is -0.889. The lowest BCUT2D eigenvalue weighted by Gasteiger charge is -2.50. The molecule has 0 bridgehead atoms. The number of carboxylic acids is 1.